The Morgan fingerprint density at radius 1 is 1.27 bits per heavy atom. The van der Waals surface area contributed by atoms with Crippen LogP contribution in [-0.4, -0.2) is 13.1 Å². The molecule has 0 bridgehead atoms. The fourth-order valence-corrected chi connectivity index (χ4v) is 2.19. The van der Waals surface area contributed by atoms with Gasteiger partial charge in [-0.15, -0.1) is 0 Å². The molecular formula is C13H18FN. The first-order valence-corrected chi connectivity index (χ1v) is 5.80. The average molecular weight is 207 g/mol. The van der Waals surface area contributed by atoms with Gasteiger partial charge >= 0.3 is 0 Å². The molecule has 1 atom stereocenters. The predicted molar refractivity (Wildman–Crippen MR) is 60.3 cm³/mol. The summed E-state index contributed by atoms with van der Waals surface area (Å²) >= 11 is 0. The Morgan fingerprint density at radius 3 is 2.73 bits per heavy atom. The van der Waals surface area contributed by atoms with Crippen molar-refractivity contribution in [2.24, 2.45) is 5.92 Å². The van der Waals surface area contributed by atoms with Gasteiger partial charge in [-0.3, -0.25) is 0 Å². The molecule has 82 valence electrons. The highest BCUT2D eigenvalue weighted by Crippen LogP contribution is 2.17. The van der Waals surface area contributed by atoms with E-state index < -0.39 is 0 Å². The molecule has 1 aromatic rings. The molecule has 1 aliphatic heterocycles. The van der Waals surface area contributed by atoms with Gasteiger partial charge in [0.25, 0.3) is 0 Å². The van der Waals surface area contributed by atoms with Crippen LogP contribution in [0.4, 0.5) is 4.39 Å². The Labute approximate surface area is 90.7 Å². The van der Waals surface area contributed by atoms with Crippen LogP contribution in [0.5, 0.6) is 0 Å². The normalized spacial score (nSPS) is 21.5. The van der Waals surface area contributed by atoms with Crippen molar-refractivity contribution < 1.29 is 4.39 Å². The van der Waals surface area contributed by atoms with E-state index in [1.807, 2.05) is 12.1 Å². The van der Waals surface area contributed by atoms with Crippen LogP contribution in [-0.2, 0) is 6.42 Å². The highest BCUT2D eigenvalue weighted by atomic mass is 19.1. The lowest BCUT2D eigenvalue weighted by molar-refractivity contribution is 0.358. The molecule has 1 heterocycles. The Balaban J connectivity index is 1.79. The fourth-order valence-electron chi connectivity index (χ4n) is 2.19. The highest BCUT2D eigenvalue weighted by Gasteiger charge is 2.12. The number of hydrogen-bond acceptors (Lipinski definition) is 1. The van der Waals surface area contributed by atoms with Crippen LogP contribution in [0, 0.1) is 11.7 Å². The van der Waals surface area contributed by atoms with E-state index in [1.165, 1.54) is 31.4 Å². The quantitative estimate of drug-likeness (QED) is 0.803. The van der Waals surface area contributed by atoms with E-state index in [0.717, 1.165) is 18.9 Å². The van der Waals surface area contributed by atoms with E-state index >= 15 is 0 Å². The molecule has 2 rings (SSSR count). The van der Waals surface area contributed by atoms with Crippen LogP contribution in [0.3, 0.4) is 0 Å². The standard InChI is InChI=1S/C13H18FN/c14-13-7-5-11(6-8-13)3-4-12-2-1-9-15-10-12/h5-8,12,15H,1-4,9-10H2. The molecule has 0 aromatic heterocycles. The molecule has 0 aliphatic carbocycles. The maximum Gasteiger partial charge on any atom is 0.123 e. The number of aryl methyl sites for hydroxylation is 1. The summed E-state index contributed by atoms with van der Waals surface area (Å²) in [5.41, 5.74) is 1.25. The van der Waals surface area contributed by atoms with Gasteiger partial charge in [0.1, 0.15) is 5.82 Å². The molecule has 1 aliphatic rings. The van der Waals surface area contributed by atoms with Crippen molar-refractivity contribution in [3.63, 3.8) is 0 Å². The molecule has 2 heteroatoms. The Bertz CT molecular complexity index is 288. The lowest BCUT2D eigenvalue weighted by Crippen LogP contribution is -2.29. The minimum absolute atomic E-state index is 0.141. The zero-order valence-electron chi connectivity index (χ0n) is 9.01. The summed E-state index contributed by atoms with van der Waals surface area (Å²) in [7, 11) is 0. The van der Waals surface area contributed by atoms with E-state index in [4.69, 9.17) is 0 Å². The molecule has 1 saturated heterocycles. The van der Waals surface area contributed by atoms with Crippen molar-refractivity contribution in [1.82, 2.24) is 5.32 Å². The molecular weight excluding hydrogens is 189 g/mol. The molecule has 0 amide bonds. The van der Waals surface area contributed by atoms with Gasteiger partial charge in [0.05, 0.1) is 0 Å². The van der Waals surface area contributed by atoms with Gasteiger partial charge in [-0.25, -0.2) is 4.39 Å². The molecule has 1 nitrogen and oxygen atoms in total. The fraction of sp³-hybridized carbons (Fsp3) is 0.538. The topological polar surface area (TPSA) is 12.0 Å². The third-order valence-electron chi connectivity index (χ3n) is 3.15. The lowest BCUT2D eigenvalue weighted by atomic mass is 9.93. The SMILES string of the molecule is Fc1ccc(CCC2CCCNC2)cc1. The van der Waals surface area contributed by atoms with Gasteiger partial charge in [-0.2, -0.15) is 0 Å². The van der Waals surface area contributed by atoms with Crippen molar-refractivity contribution in [1.29, 1.82) is 0 Å². The van der Waals surface area contributed by atoms with Crippen molar-refractivity contribution in [3.8, 4) is 0 Å². The molecule has 1 aromatic carbocycles. The summed E-state index contributed by atoms with van der Waals surface area (Å²) < 4.78 is 12.7. The van der Waals surface area contributed by atoms with Crippen LogP contribution >= 0.6 is 0 Å². The molecule has 0 spiro atoms. The molecule has 0 saturated carbocycles. The number of rotatable bonds is 3. The second-order valence-electron chi connectivity index (χ2n) is 4.38. The second kappa shape index (κ2) is 5.26. The monoisotopic (exact) mass is 207 g/mol. The summed E-state index contributed by atoms with van der Waals surface area (Å²) in [5.74, 6) is 0.668. The second-order valence-corrected chi connectivity index (χ2v) is 4.38. The highest BCUT2D eigenvalue weighted by molar-refractivity contribution is 5.16. The lowest BCUT2D eigenvalue weighted by Gasteiger charge is -2.22. The van der Waals surface area contributed by atoms with E-state index in [1.54, 1.807) is 12.1 Å². The minimum atomic E-state index is -0.141. The van der Waals surface area contributed by atoms with Crippen LogP contribution in [0.15, 0.2) is 24.3 Å². The van der Waals surface area contributed by atoms with Crippen LogP contribution in [0.2, 0.25) is 0 Å². The molecule has 0 radical (unpaired) electrons. The maximum absolute atomic E-state index is 12.7. The molecule has 1 unspecified atom stereocenters. The zero-order valence-corrected chi connectivity index (χ0v) is 9.01. The van der Waals surface area contributed by atoms with Crippen LogP contribution in [0.25, 0.3) is 0 Å². The van der Waals surface area contributed by atoms with Gasteiger partial charge in [0.15, 0.2) is 0 Å². The van der Waals surface area contributed by atoms with Gasteiger partial charge < -0.3 is 5.32 Å². The van der Waals surface area contributed by atoms with Crippen molar-refractivity contribution >= 4 is 0 Å². The maximum atomic E-state index is 12.7. The summed E-state index contributed by atoms with van der Waals surface area (Å²) in [5, 5.41) is 3.42. The van der Waals surface area contributed by atoms with E-state index in [-0.39, 0.29) is 5.82 Å². The molecule has 15 heavy (non-hydrogen) atoms. The van der Waals surface area contributed by atoms with Gasteiger partial charge in [-0.05, 0) is 62.4 Å². The summed E-state index contributed by atoms with van der Waals surface area (Å²) in [6, 6.07) is 6.89. The van der Waals surface area contributed by atoms with Crippen LogP contribution in [0.1, 0.15) is 24.8 Å². The van der Waals surface area contributed by atoms with E-state index in [9.17, 15) is 4.39 Å². The largest absolute Gasteiger partial charge is 0.316 e. The molecule has 1 N–H and O–H groups in total. The number of hydrogen-bond donors (Lipinski definition) is 1. The van der Waals surface area contributed by atoms with Gasteiger partial charge in [0, 0.05) is 0 Å². The zero-order chi connectivity index (χ0) is 10.5. The average Bonchev–Trinajstić information content (AvgIpc) is 2.30. The Morgan fingerprint density at radius 2 is 2.07 bits per heavy atom. The number of nitrogens with one attached hydrogen (secondary N) is 1. The number of halogens is 1. The first-order valence-electron chi connectivity index (χ1n) is 5.80. The van der Waals surface area contributed by atoms with Gasteiger partial charge in [0.2, 0.25) is 0 Å². The number of piperidine rings is 1. The summed E-state index contributed by atoms with van der Waals surface area (Å²) in [4.78, 5) is 0. The van der Waals surface area contributed by atoms with Gasteiger partial charge in [-0.1, -0.05) is 12.1 Å². The molecule has 1 fully saturated rings. The van der Waals surface area contributed by atoms with Crippen molar-refractivity contribution in [2.45, 2.75) is 25.7 Å². The Hall–Kier alpha value is -0.890. The van der Waals surface area contributed by atoms with Crippen LogP contribution < -0.4 is 5.32 Å². The van der Waals surface area contributed by atoms with Crippen molar-refractivity contribution in [3.05, 3.63) is 35.6 Å². The summed E-state index contributed by atoms with van der Waals surface area (Å²) in [6.07, 6.45) is 4.94. The third kappa shape index (κ3) is 3.31. The predicted octanol–water partition coefficient (Wildman–Crippen LogP) is 2.76. The van der Waals surface area contributed by atoms with E-state index in [0.29, 0.717) is 0 Å². The first-order chi connectivity index (χ1) is 7.34. The smallest absolute Gasteiger partial charge is 0.123 e. The summed E-state index contributed by atoms with van der Waals surface area (Å²) in [6.45, 7) is 2.33. The van der Waals surface area contributed by atoms with Crippen molar-refractivity contribution in [2.75, 3.05) is 13.1 Å². The Kier molecular flexibility index (Phi) is 3.73. The van der Waals surface area contributed by atoms with E-state index in [2.05, 4.69) is 5.32 Å². The number of benzene rings is 1. The third-order valence-corrected chi connectivity index (χ3v) is 3.15. The first kappa shape index (κ1) is 10.6. The minimum Gasteiger partial charge on any atom is -0.316 e.